The fraction of sp³-hybridized carbons (Fsp3) is 0.417. The van der Waals surface area contributed by atoms with Gasteiger partial charge >= 0.3 is 0 Å². The fourth-order valence-corrected chi connectivity index (χ4v) is 2.48. The minimum atomic E-state index is -3.88. The van der Waals surface area contributed by atoms with Crippen LogP contribution >= 0.6 is 0 Å². The number of hydrogen-bond donors (Lipinski definition) is 1. The van der Waals surface area contributed by atoms with E-state index in [1.54, 1.807) is 6.92 Å². The number of nitrogens with one attached hydrogen (secondary N) is 1. The van der Waals surface area contributed by atoms with Gasteiger partial charge in [-0.1, -0.05) is 6.92 Å². The molecule has 0 aliphatic heterocycles. The topological polar surface area (TPSA) is 81.7 Å². The van der Waals surface area contributed by atoms with E-state index in [0.29, 0.717) is 12.2 Å². The van der Waals surface area contributed by atoms with Crippen LogP contribution in [0, 0.1) is 0 Å². The molecule has 0 saturated carbocycles. The highest BCUT2D eigenvalue weighted by molar-refractivity contribution is 7.90. The zero-order chi connectivity index (χ0) is 14.5. The van der Waals surface area contributed by atoms with Crippen LogP contribution in [0.3, 0.4) is 0 Å². The summed E-state index contributed by atoms with van der Waals surface area (Å²) in [4.78, 5) is 11.7. The Bertz CT molecular complexity index is 520. The Hall–Kier alpha value is -1.60. The molecule has 7 heteroatoms. The highest BCUT2D eigenvalue weighted by Gasteiger charge is 2.23. The third kappa shape index (κ3) is 3.93. The molecule has 1 atom stereocenters. The minimum Gasteiger partial charge on any atom is -0.497 e. The number of amides is 1. The van der Waals surface area contributed by atoms with Gasteiger partial charge in [0, 0.05) is 7.11 Å². The van der Waals surface area contributed by atoms with Gasteiger partial charge in [0.05, 0.1) is 12.0 Å². The smallest absolute Gasteiger partial charge is 0.264 e. The van der Waals surface area contributed by atoms with E-state index in [2.05, 4.69) is 0 Å². The van der Waals surface area contributed by atoms with E-state index in [1.807, 2.05) is 4.72 Å². The molecule has 19 heavy (non-hydrogen) atoms. The zero-order valence-electron chi connectivity index (χ0n) is 11.0. The van der Waals surface area contributed by atoms with Gasteiger partial charge in [0.2, 0.25) is 0 Å². The zero-order valence-corrected chi connectivity index (χ0v) is 11.9. The van der Waals surface area contributed by atoms with Gasteiger partial charge < -0.3 is 9.47 Å². The van der Waals surface area contributed by atoms with Crippen LogP contribution in [0.4, 0.5) is 0 Å². The van der Waals surface area contributed by atoms with E-state index in [-0.39, 0.29) is 4.90 Å². The molecule has 106 valence electrons. The fourth-order valence-electron chi connectivity index (χ4n) is 1.47. The van der Waals surface area contributed by atoms with Crippen molar-refractivity contribution >= 4 is 15.9 Å². The van der Waals surface area contributed by atoms with Crippen molar-refractivity contribution in [3.63, 3.8) is 0 Å². The normalized spacial score (nSPS) is 12.8. The van der Waals surface area contributed by atoms with Gasteiger partial charge in [0.15, 0.2) is 0 Å². The Morgan fingerprint density at radius 1 is 1.26 bits per heavy atom. The quantitative estimate of drug-likeness (QED) is 0.841. The van der Waals surface area contributed by atoms with Gasteiger partial charge in [-0.2, -0.15) is 0 Å². The SMILES string of the molecule is CCC(OC)C(=O)NS(=O)(=O)c1ccc(OC)cc1. The average molecular weight is 287 g/mol. The lowest BCUT2D eigenvalue weighted by Crippen LogP contribution is -2.39. The third-order valence-electron chi connectivity index (χ3n) is 2.55. The van der Waals surface area contributed by atoms with Crippen LogP contribution in [0.2, 0.25) is 0 Å². The second-order valence-corrected chi connectivity index (χ2v) is 5.46. The number of carbonyl (C=O) groups is 1. The summed E-state index contributed by atoms with van der Waals surface area (Å²) in [6.07, 6.45) is -0.395. The number of rotatable bonds is 6. The second-order valence-electron chi connectivity index (χ2n) is 3.78. The molecule has 0 fully saturated rings. The van der Waals surface area contributed by atoms with E-state index >= 15 is 0 Å². The molecule has 0 radical (unpaired) electrons. The molecule has 0 heterocycles. The lowest BCUT2D eigenvalue weighted by Gasteiger charge is -2.13. The summed E-state index contributed by atoms with van der Waals surface area (Å²) in [5.41, 5.74) is 0. The molecule has 0 spiro atoms. The molecule has 1 N–H and O–H groups in total. The van der Waals surface area contributed by atoms with Crippen molar-refractivity contribution in [1.82, 2.24) is 4.72 Å². The van der Waals surface area contributed by atoms with Crippen molar-refractivity contribution in [2.45, 2.75) is 24.3 Å². The van der Waals surface area contributed by atoms with Gasteiger partial charge in [-0.05, 0) is 30.7 Å². The van der Waals surface area contributed by atoms with Gasteiger partial charge in [-0.25, -0.2) is 13.1 Å². The summed E-state index contributed by atoms with van der Waals surface area (Å²) in [5.74, 6) is -0.144. The average Bonchev–Trinajstić information content (AvgIpc) is 2.39. The van der Waals surface area contributed by atoms with Crippen molar-refractivity contribution < 1.29 is 22.7 Å². The van der Waals surface area contributed by atoms with Crippen molar-refractivity contribution in [2.24, 2.45) is 0 Å². The Morgan fingerprint density at radius 3 is 2.26 bits per heavy atom. The molecule has 1 unspecified atom stereocenters. The molecule has 6 nitrogen and oxygen atoms in total. The highest BCUT2D eigenvalue weighted by Crippen LogP contribution is 2.15. The molecule has 0 aliphatic carbocycles. The molecule has 1 aromatic carbocycles. The predicted molar refractivity (Wildman–Crippen MR) is 69.4 cm³/mol. The first kappa shape index (κ1) is 15.5. The maximum atomic E-state index is 12.0. The molecule has 1 rings (SSSR count). The van der Waals surface area contributed by atoms with Crippen LogP contribution < -0.4 is 9.46 Å². The molecular weight excluding hydrogens is 270 g/mol. The molecule has 0 saturated heterocycles. The Morgan fingerprint density at radius 2 is 1.84 bits per heavy atom. The van der Waals surface area contributed by atoms with Gasteiger partial charge in [-0.3, -0.25) is 4.79 Å². The van der Waals surface area contributed by atoms with Crippen LogP contribution in [0.15, 0.2) is 29.2 Å². The summed E-state index contributed by atoms with van der Waals surface area (Å²) < 4.78 is 35.7. The van der Waals surface area contributed by atoms with Crippen LogP contribution in [-0.2, 0) is 19.6 Å². The number of carbonyl (C=O) groups excluding carboxylic acids is 1. The monoisotopic (exact) mass is 287 g/mol. The second kappa shape index (κ2) is 6.53. The van der Waals surface area contributed by atoms with Crippen LogP contribution in [0.5, 0.6) is 5.75 Å². The number of benzene rings is 1. The van der Waals surface area contributed by atoms with Gasteiger partial charge in [0.1, 0.15) is 11.9 Å². The van der Waals surface area contributed by atoms with E-state index < -0.39 is 22.0 Å². The minimum absolute atomic E-state index is 0.00685. The first-order valence-corrected chi connectivity index (χ1v) is 7.16. The molecule has 0 aromatic heterocycles. The lowest BCUT2D eigenvalue weighted by molar-refractivity contribution is -0.129. The Balaban J connectivity index is 2.88. The van der Waals surface area contributed by atoms with E-state index in [1.165, 1.54) is 38.5 Å². The van der Waals surface area contributed by atoms with E-state index in [9.17, 15) is 13.2 Å². The van der Waals surface area contributed by atoms with E-state index in [0.717, 1.165) is 0 Å². The highest BCUT2D eigenvalue weighted by atomic mass is 32.2. The van der Waals surface area contributed by atoms with Gasteiger partial charge in [-0.15, -0.1) is 0 Å². The summed E-state index contributed by atoms with van der Waals surface area (Å²) in [7, 11) is -1.05. The van der Waals surface area contributed by atoms with Crippen molar-refractivity contribution in [3.05, 3.63) is 24.3 Å². The maximum Gasteiger partial charge on any atom is 0.264 e. The number of ether oxygens (including phenoxy) is 2. The maximum absolute atomic E-state index is 12.0. The van der Waals surface area contributed by atoms with Crippen LogP contribution in [-0.4, -0.2) is 34.6 Å². The number of hydrogen-bond acceptors (Lipinski definition) is 5. The first-order chi connectivity index (χ1) is 8.94. The summed E-state index contributed by atoms with van der Waals surface area (Å²) in [6.45, 7) is 1.73. The van der Waals surface area contributed by atoms with Crippen molar-refractivity contribution in [2.75, 3.05) is 14.2 Å². The van der Waals surface area contributed by atoms with E-state index in [4.69, 9.17) is 9.47 Å². The molecule has 0 aliphatic rings. The predicted octanol–water partition coefficient (Wildman–Crippen LogP) is 0.925. The third-order valence-corrected chi connectivity index (χ3v) is 3.92. The Labute approximate surface area is 112 Å². The van der Waals surface area contributed by atoms with Crippen LogP contribution in [0.1, 0.15) is 13.3 Å². The summed E-state index contributed by atoms with van der Waals surface area (Å²) in [6, 6.07) is 5.74. The van der Waals surface area contributed by atoms with Gasteiger partial charge in [0.25, 0.3) is 15.9 Å². The van der Waals surface area contributed by atoms with Crippen molar-refractivity contribution in [1.29, 1.82) is 0 Å². The standard InChI is InChI=1S/C12H17NO5S/c1-4-11(18-3)12(14)13-19(15,16)10-7-5-9(17-2)6-8-10/h5-8,11H,4H2,1-3H3,(H,13,14). The van der Waals surface area contributed by atoms with Crippen molar-refractivity contribution in [3.8, 4) is 5.75 Å². The number of methoxy groups -OCH3 is 2. The lowest BCUT2D eigenvalue weighted by atomic mass is 10.3. The molecular formula is C12H17NO5S. The summed E-state index contributed by atoms with van der Waals surface area (Å²) in [5, 5.41) is 0. The Kier molecular flexibility index (Phi) is 5.31. The molecule has 1 amide bonds. The molecule has 1 aromatic rings. The van der Waals surface area contributed by atoms with Crippen LogP contribution in [0.25, 0.3) is 0 Å². The largest absolute Gasteiger partial charge is 0.497 e. The molecule has 0 bridgehead atoms. The number of sulfonamides is 1. The first-order valence-electron chi connectivity index (χ1n) is 5.68. The summed E-state index contributed by atoms with van der Waals surface area (Å²) >= 11 is 0.